The van der Waals surface area contributed by atoms with Gasteiger partial charge in [0.2, 0.25) is 0 Å². The van der Waals surface area contributed by atoms with Gasteiger partial charge in [-0.1, -0.05) is 19.1 Å². The van der Waals surface area contributed by atoms with E-state index in [1.807, 2.05) is 12.1 Å². The van der Waals surface area contributed by atoms with Gasteiger partial charge in [-0.2, -0.15) is 0 Å². The number of aryl methyl sites for hydroxylation is 1. The molecule has 5 heteroatoms. The number of rotatable bonds is 7. The van der Waals surface area contributed by atoms with Gasteiger partial charge in [0.05, 0.1) is 11.5 Å². The van der Waals surface area contributed by atoms with E-state index in [1.165, 1.54) is 12.1 Å². The number of benzene rings is 1. The van der Waals surface area contributed by atoms with Crippen LogP contribution in [0, 0.1) is 10.1 Å². The van der Waals surface area contributed by atoms with Crippen LogP contribution >= 0.6 is 0 Å². The number of hydrogen-bond acceptors (Lipinski definition) is 4. The third-order valence-corrected chi connectivity index (χ3v) is 3.10. The average molecular weight is 274 g/mol. The van der Waals surface area contributed by atoms with Crippen LogP contribution in [0.5, 0.6) is 0 Å². The molecule has 5 nitrogen and oxygen atoms in total. The predicted molar refractivity (Wildman–Crippen MR) is 76.6 cm³/mol. The van der Waals surface area contributed by atoms with Crippen LogP contribution in [-0.2, 0) is 19.4 Å². The second-order valence-corrected chi connectivity index (χ2v) is 4.57. The minimum absolute atomic E-state index is 0.129. The fraction of sp³-hybridized carbons (Fsp3) is 0.333. The van der Waals surface area contributed by atoms with Crippen LogP contribution in [0.15, 0.2) is 40.8 Å². The number of non-ortho nitro benzene ring substituents is 1. The minimum atomic E-state index is -0.385. The molecule has 0 saturated heterocycles. The molecule has 0 atom stereocenters. The first kappa shape index (κ1) is 14.3. The van der Waals surface area contributed by atoms with Crippen LogP contribution in [0.4, 0.5) is 5.69 Å². The normalized spacial score (nSPS) is 10.7. The zero-order valence-corrected chi connectivity index (χ0v) is 11.5. The smallest absolute Gasteiger partial charge is 0.269 e. The van der Waals surface area contributed by atoms with Crippen molar-refractivity contribution < 1.29 is 9.34 Å². The van der Waals surface area contributed by atoms with Crippen molar-refractivity contribution in [3.05, 3.63) is 63.6 Å². The lowest BCUT2D eigenvalue weighted by Gasteiger charge is -2.03. The van der Waals surface area contributed by atoms with Crippen molar-refractivity contribution in [1.29, 1.82) is 0 Å². The summed E-state index contributed by atoms with van der Waals surface area (Å²) in [4.78, 5) is 10.2. The molecule has 106 valence electrons. The van der Waals surface area contributed by atoms with Crippen LogP contribution in [0.1, 0.15) is 24.0 Å². The molecule has 20 heavy (non-hydrogen) atoms. The van der Waals surface area contributed by atoms with Crippen LogP contribution < -0.4 is 5.32 Å². The number of nitro groups is 1. The highest BCUT2D eigenvalue weighted by Gasteiger charge is 2.04. The van der Waals surface area contributed by atoms with Gasteiger partial charge in [-0.05, 0) is 30.7 Å². The molecule has 0 radical (unpaired) electrons. The Morgan fingerprint density at radius 2 is 1.85 bits per heavy atom. The topological polar surface area (TPSA) is 68.3 Å². The molecule has 0 amide bonds. The Balaban J connectivity index is 1.74. The summed E-state index contributed by atoms with van der Waals surface area (Å²) in [6.45, 7) is 3.57. The van der Waals surface area contributed by atoms with E-state index in [0.29, 0.717) is 6.54 Å². The number of hydrogen-bond donors (Lipinski definition) is 1. The average Bonchev–Trinajstić information content (AvgIpc) is 2.92. The first-order chi connectivity index (χ1) is 9.69. The standard InChI is InChI=1S/C15H18N2O3/c1-2-14-7-8-15(20-14)11-16-10-9-12-3-5-13(6-4-12)17(18)19/h3-8,16H,2,9-11H2,1H3. The first-order valence-corrected chi connectivity index (χ1v) is 6.70. The Kier molecular flexibility index (Phi) is 4.90. The van der Waals surface area contributed by atoms with Crippen molar-refractivity contribution in [3.63, 3.8) is 0 Å². The first-order valence-electron chi connectivity index (χ1n) is 6.70. The molecule has 0 saturated carbocycles. The molecule has 1 N–H and O–H groups in total. The molecule has 1 aromatic carbocycles. The summed E-state index contributed by atoms with van der Waals surface area (Å²) < 4.78 is 5.59. The van der Waals surface area contributed by atoms with Crippen LogP contribution in [0.2, 0.25) is 0 Å². The van der Waals surface area contributed by atoms with Crippen LogP contribution in [0.3, 0.4) is 0 Å². The molecule has 2 rings (SSSR count). The number of nitro benzene ring substituents is 1. The second kappa shape index (κ2) is 6.86. The molecule has 0 aliphatic carbocycles. The summed E-state index contributed by atoms with van der Waals surface area (Å²) in [5.74, 6) is 1.93. The van der Waals surface area contributed by atoms with E-state index in [2.05, 4.69) is 12.2 Å². The Labute approximate surface area is 117 Å². The second-order valence-electron chi connectivity index (χ2n) is 4.57. The van der Waals surface area contributed by atoms with Gasteiger partial charge in [0.25, 0.3) is 5.69 Å². The Hall–Kier alpha value is -2.14. The van der Waals surface area contributed by atoms with E-state index >= 15 is 0 Å². The summed E-state index contributed by atoms with van der Waals surface area (Å²) in [5, 5.41) is 13.8. The molecule has 0 spiro atoms. The zero-order chi connectivity index (χ0) is 14.4. The quantitative estimate of drug-likeness (QED) is 0.478. The van der Waals surface area contributed by atoms with Gasteiger partial charge in [-0.25, -0.2) is 0 Å². The molecule has 0 aliphatic heterocycles. The Bertz CT molecular complexity index is 561. The minimum Gasteiger partial charge on any atom is -0.465 e. The van der Waals surface area contributed by atoms with E-state index in [0.717, 1.165) is 36.5 Å². The summed E-state index contributed by atoms with van der Waals surface area (Å²) in [6.07, 6.45) is 1.74. The Morgan fingerprint density at radius 3 is 2.45 bits per heavy atom. The van der Waals surface area contributed by atoms with Gasteiger partial charge in [0.15, 0.2) is 0 Å². The summed E-state index contributed by atoms with van der Waals surface area (Å²) in [6, 6.07) is 10.6. The van der Waals surface area contributed by atoms with Crippen molar-refractivity contribution in [2.45, 2.75) is 26.3 Å². The number of nitrogens with zero attached hydrogens (tertiary/aromatic N) is 1. The Morgan fingerprint density at radius 1 is 1.15 bits per heavy atom. The molecule has 2 aromatic rings. The summed E-state index contributed by atoms with van der Waals surface area (Å²) in [5.41, 5.74) is 1.21. The van der Waals surface area contributed by atoms with Gasteiger partial charge < -0.3 is 9.73 Å². The number of furan rings is 1. The molecular weight excluding hydrogens is 256 g/mol. The van der Waals surface area contributed by atoms with E-state index < -0.39 is 0 Å². The third-order valence-electron chi connectivity index (χ3n) is 3.10. The van der Waals surface area contributed by atoms with E-state index in [9.17, 15) is 10.1 Å². The summed E-state index contributed by atoms with van der Waals surface area (Å²) in [7, 11) is 0. The molecular formula is C15H18N2O3. The maximum Gasteiger partial charge on any atom is 0.269 e. The number of nitrogens with one attached hydrogen (secondary N) is 1. The van der Waals surface area contributed by atoms with Gasteiger partial charge in [0, 0.05) is 18.6 Å². The van der Waals surface area contributed by atoms with Gasteiger partial charge in [-0.3, -0.25) is 10.1 Å². The fourth-order valence-electron chi connectivity index (χ4n) is 1.94. The monoisotopic (exact) mass is 274 g/mol. The molecule has 0 unspecified atom stereocenters. The highest BCUT2D eigenvalue weighted by atomic mass is 16.6. The maximum absolute atomic E-state index is 10.5. The maximum atomic E-state index is 10.5. The van der Waals surface area contributed by atoms with Crippen molar-refractivity contribution >= 4 is 5.69 Å². The highest BCUT2D eigenvalue weighted by Crippen LogP contribution is 2.12. The van der Waals surface area contributed by atoms with Gasteiger partial charge >= 0.3 is 0 Å². The van der Waals surface area contributed by atoms with E-state index in [1.54, 1.807) is 12.1 Å². The molecule has 0 bridgehead atoms. The van der Waals surface area contributed by atoms with Crippen molar-refractivity contribution in [2.75, 3.05) is 6.54 Å². The lowest BCUT2D eigenvalue weighted by molar-refractivity contribution is -0.384. The van der Waals surface area contributed by atoms with Gasteiger partial charge in [0.1, 0.15) is 11.5 Å². The summed E-state index contributed by atoms with van der Waals surface area (Å²) >= 11 is 0. The van der Waals surface area contributed by atoms with Crippen LogP contribution in [-0.4, -0.2) is 11.5 Å². The molecule has 1 heterocycles. The van der Waals surface area contributed by atoms with Crippen molar-refractivity contribution in [3.8, 4) is 0 Å². The predicted octanol–water partition coefficient (Wildman–Crippen LogP) is 3.08. The van der Waals surface area contributed by atoms with Crippen LogP contribution in [0.25, 0.3) is 0 Å². The lowest BCUT2D eigenvalue weighted by atomic mass is 10.1. The zero-order valence-electron chi connectivity index (χ0n) is 11.5. The highest BCUT2D eigenvalue weighted by molar-refractivity contribution is 5.32. The third kappa shape index (κ3) is 3.93. The molecule has 1 aromatic heterocycles. The van der Waals surface area contributed by atoms with Crippen molar-refractivity contribution in [2.24, 2.45) is 0 Å². The SMILES string of the molecule is CCc1ccc(CNCCc2ccc([N+](=O)[O-])cc2)o1. The van der Waals surface area contributed by atoms with E-state index in [-0.39, 0.29) is 10.6 Å². The van der Waals surface area contributed by atoms with Crippen molar-refractivity contribution in [1.82, 2.24) is 5.32 Å². The lowest BCUT2D eigenvalue weighted by Crippen LogP contribution is -2.16. The fourth-order valence-corrected chi connectivity index (χ4v) is 1.94. The molecule has 0 fully saturated rings. The molecule has 0 aliphatic rings. The van der Waals surface area contributed by atoms with E-state index in [4.69, 9.17) is 4.42 Å². The van der Waals surface area contributed by atoms with Gasteiger partial charge in [-0.15, -0.1) is 0 Å². The largest absolute Gasteiger partial charge is 0.465 e.